The van der Waals surface area contributed by atoms with Crippen molar-refractivity contribution in [3.63, 3.8) is 0 Å². The van der Waals surface area contributed by atoms with Crippen molar-refractivity contribution >= 4 is 27.2 Å². The minimum absolute atomic E-state index is 0.110. The Morgan fingerprint density at radius 1 is 1.56 bits per heavy atom. The molecule has 1 aliphatic heterocycles. The number of sulfone groups is 1. The van der Waals surface area contributed by atoms with E-state index in [9.17, 15) is 8.42 Å². The topological polar surface area (TPSA) is 78.9 Å². The molecular formula is C10H20N2O4S2. The normalized spacial score (nSPS) is 22.1. The van der Waals surface area contributed by atoms with Crippen LogP contribution in [0.15, 0.2) is 0 Å². The van der Waals surface area contributed by atoms with Crippen LogP contribution in [-0.4, -0.2) is 74.5 Å². The Balaban J connectivity index is 2.15. The Morgan fingerprint density at radius 3 is 2.83 bits per heavy atom. The number of aliphatic hydroxyl groups is 1. The summed E-state index contributed by atoms with van der Waals surface area (Å²) in [5.74, 6) is 0.341. The maximum atomic E-state index is 11.2. The summed E-state index contributed by atoms with van der Waals surface area (Å²) in [5, 5.41) is 11.9. The summed E-state index contributed by atoms with van der Waals surface area (Å²) >= 11 is 4.99. The third-order valence-corrected chi connectivity index (χ3v) is 4.75. The molecule has 0 spiro atoms. The van der Waals surface area contributed by atoms with Crippen LogP contribution in [0.1, 0.15) is 6.42 Å². The average Bonchev–Trinajstić information content (AvgIpc) is 2.58. The Kier molecular flexibility index (Phi) is 6.27. The molecule has 0 amide bonds. The number of thiocarbonyl (C=S) groups is 1. The second-order valence-electron chi connectivity index (χ2n) is 4.41. The number of nitrogens with one attached hydrogen (secondary N) is 1. The highest BCUT2D eigenvalue weighted by Crippen LogP contribution is 2.11. The summed E-state index contributed by atoms with van der Waals surface area (Å²) in [7, 11) is -1.02. The van der Waals surface area contributed by atoms with Crippen molar-refractivity contribution in [1.29, 1.82) is 0 Å². The second kappa shape index (κ2) is 7.22. The van der Waals surface area contributed by atoms with E-state index in [4.69, 9.17) is 22.1 Å². The monoisotopic (exact) mass is 296 g/mol. The molecule has 0 aromatic heterocycles. The van der Waals surface area contributed by atoms with Crippen molar-refractivity contribution in [1.82, 2.24) is 10.2 Å². The van der Waals surface area contributed by atoms with Gasteiger partial charge in [-0.1, -0.05) is 0 Å². The first kappa shape index (κ1) is 15.6. The van der Waals surface area contributed by atoms with Crippen molar-refractivity contribution in [2.24, 2.45) is 0 Å². The lowest BCUT2D eigenvalue weighted by Gasteiger charge is -2.17. The molecule has 0 aromatic rings. The highest BCUT2D eigenvalue weighted by molar-refractivity contribution is 7.91. The van der Waals surface area contributed by atoms with Crippen LogP contribution >= 0.6 is 12.2 Å². The molecule has 1 aliphatic rings. The van der Waals surface area contributed by atoms with Crippen molar-refractivity contribution < 1.29 is 18.3 Å². The number of rotatable bonds is 6. The van der Waals surface area contributed by atoms with E-state index in [0.29, 0.717) is 26.1 Å². The van der Waals surface area contributed by atoms with Crippen LogP contribution in [0.3, 0.4) is 0 Å². The van der Waals surface area contributed by atoms with Gasteiger partial charge in [-0.25, -0.2) is 8.42 Å². The molecular weight excluding hydrogens is 276 g/mol. The first-order valence-corrected chi connectivity index (χ1v) is 8.09. The van der Waals surface area contributed by atoms with E-state index in [1.807, 2.05) is 11.9 Å². The average molecular weight is 296 g/mol. The van der Waals surface area contributed by atoms with Crippen LogP contribution in [0.2, 0.25) is 0 Å². The van der Waals surface area contributed by atoms with E-state index in [1.165, 1.54) is 0 Å². The summed E-state index contributed by atoms with van der Waals surface area (Å²) in [6.45, 7) is 1.77. The van der Waals surface area contributed by atoms with E-state index >= 15 is 0 Å². The van der Waals surface area contributed by atoms with Gasteiger partial charge in [0.25, 0.3) is 5.17 Å². The second-order valence-corrected chi connectivity index (χ2v) is 7.01. The fraction of sp³-hybridized carbons (Fsp3) is 0.900. The van der Waals surface area contributed by atoms with Crippen molar-refractivity contribution in [3.05, 3.63) is 0 Å². The predicted octanol–water partition coefficient (Wildman–Crippen LogP) is -1.01. The number of aliphatic hydroxyl groups excluding tert-OH is 1. The maximum Gasteiger partial charge on any atom is 0.256 e. The molecule has 0 aromatic carbocycles. The van der Waals surface area contributed by atoms with Gasteiger partial charge in [0.1, 0.15) is 6.61 Å². The van der Waals surface area contributed by atoms with Gasteiger partial charge in [-0.15, -0.1) is 0 Å². The minimum Gasteiger partial charge on any atom is -0.470 e. The zero-order chi connectivity index (χ0) is 13.6. The van der Waals surface area contributed by atoms with Crippen LogP contribution in [0.25, 0.3) is 0 Å². The molecule has 0 radical (unpaired) electrons. The van der Waals surface area contributed by atoms with E-state index in [1.54, 1.807) is 0 Å². The largest absolute Gasteiger partial charge is 0.470 e. The Morgan fingerprint density at radius 2 is 2.28 bits per heavy atom. The van der Waals surface area contributed by atoms with Gasteiger partial charge in [0, 0.05) is 19.1 Å². The fourth-order valence-corrected chi connectivity index (χ4v) is 3.62. The van der Waals surface area contributed by atoms with Crippen LogP contribution < -0.4 is 5.32 Å². The minimum atomic E-state index is -2.90. The quantitative estimate of drug-likeness (QED) is 0.608. The molecule has 1 saturated heterocycles. The fourth-order valence-electron chi connectivity index (χ4n) is 1.69. The van der Waals surface area contributed by atoms with Crippen molar-refractivity contribution in [2.75, 3.05) is 44.9 Å². The highest BCUT2D eigenvalue weighted by atomic mass is 32.2. The third kappa shape index (κ3) is 5.94. The summed E-state index contributed by atoms with van der Waals surface area (Å²) < 4.78 is 27.8. The molecule has 18 heavy (non-hydrogen) atoms. The maximum absolute atomic E-state index is 11.2. The van der Waals surface area contributed by atoms with Crippen molar-refractivity contribution in [3.8, 4) is 0 Å². The van der Waals surface area contributed by atoms with Crippen molar-refractivity contribution in [2.45, 2.75) is 12.5 Å². The van der Waals surface area contributed by atoms with Gasteiger partial charge < -0.3 is 20.1 Å². The molecule has 1 heterocycles. The standard InChI is InChI=1S/C10H20N2O4S2/c1-12(3-5-13)4-6-16-10(17)11-9-2-7-18(14,15)8-9/h9,13H,2-8H2,1H3,(H,11,17). The van der Waals surface area contributed by atoms with Gasteiger partial charge in [0.2, 0.25) is 0 Å². The molecule has 0 saturated carbocycles. The van der Waals surface area contributed by atoms with E-state index in [2.05, 4.69) is 5.32 Å². The Bertz CT molecular complexity index is 372. The number of likely N-dealkylation sites (N-methyl/N-ethyl adjacent to an activating group) is 1. The smallest absolute Gasteiger partial charge is 0.256 e. The zero-order valence-corrected chi connectivity index (χ0v) is 12.1. The van der Waals surface area contributed by atoms with E-state index in [0.717, 1.165) is 0 Å². The Labute approximate surface area is 113 Å². The highest BCUT2D eigenvalue weighted by Gasteiger charge is 2.28. The SMILES string of the molecule is CN(CCO)CCOC(=S)NC1CCS(=O)(=O)C1. The summed E-state index contributed by atoms with van der Waals surface area (Å²) in [6, 6.07) is -0.127. The Hall–Kier alpha value is -0.440. The van der Waals surface area contributed by atoms with Gasteiger partial charge >= 0.3 is 0 Å². The number of hydrogen-bond donors (Lipinski definition) is 2. The molecule has 8 heteroatoms. The molecule has 0 aliphatic carbocycles. The first-order chi connectivity index (χ1) is 8.43. The molecule has 106 valence electrons. The summed E-state index contributed by atoms with van der Waals surface area (Å²) in [6.07, 6.45) is 0.580. The molecule has 6 nitrogen and oxygen atoms in total. The zero-order valence-electron chi connectivity index (χ0n) is 10.5. The van der Waals surface area contributed by atoms with Crippen LogP contribution in [0.5, 0.6) is 0 Å². The lowest BCUT2D eigenvalue weighted by Crippen LogP contribution is -2.37. The van der Waals surface area contributed by atoms with Crippen LogP contribution in [0, 0.1) is 0 Å². The van der Waals surface area contributed by atoms with E-state index in [-0.39, 0.29) is 29.3 Å². The molecule has 1 rings (SSSR count). The summed E-state index contributed by atoms with van der Waals surface area (Å²) in [5.41, 5.74) is 0. The number of nitrogens with zero attached hydrogens (tertiary/aromatic N) is 1. The van der Waals surface area contributed by atoms with Gasteiger partial charge in [0.05, 0.1) is 18.1 Å². The van der Waals surface area contributed by atoms with Gasteiger partial charge in [0.15, 0.2) is 9.84 Å². The number of ether oxygens (including phenoxy) is 1. The van der Waals surface area contributed by atoms with E-state index < -0.39 is 9.84 Å². The molecule has 2 N–H and O–H groups in total. The summed E-state index contributed by atoms with van der Waals surface area (Å²) in [4.78, 5) is 1.92. The molecule has 0 bridgehead atoms. The molecule has 1 fully saturated rings. The van der Waals surface area contributed by atoms with Gasteiger partial charge in [-0.2, -0.15) is 0 Å². The number of hydrogen-bond acceptors (Lipinski definition) is 6. The lowest BCUT2D eigenvalue weighted by molar-refractivity contribution is 0.187. The van der Waals surface area contributed by atoms with Crippen LogP contribution in [0.4, 0.5) is 0 Å². The first-order valence-electron chi connectivity index (χ1n) is 5.86. The predicted molar refractivity (Wildman–Crippen MR) is 73.3 cm³/mol. The molecule has 1 atom stereocenters. The third-order valence-electron chi connectivity index (χ3n) is 2.74. The lowest BCUT2D eigenvalue weighted by atomic mass is 10.3. The molecule has 1 unspecified atom stereocenters. The van der Waals surface area contributed by atoms with Crippen LogP contribution in [-0.2, 0) is 14.6 Å². The van der Waals surface area contributed by atoms with Gasteiger partial charge in [-0.3, -0.25) is 0 Å². The van der Waals surface area contributed by atoms with Gasteiger partial charge in [-0.05, 0) is 25.7 Å².